The highest BCUT2D eigenvalue weighted by atomic mass is 32.1. The fraction of sp³-hybridized carbons (Fsp3) is 0.450. The van der Waals surface area contributed by atoms with E-state index in [0.29, 0.717) is 19.8 Å². The van der Waals surface area contributed by atoms with Gasteiger partial charge >= 0.3 is 0 Å². The van der Waals surface area contributed by atoms with Gasteiger partial charge in [-0.3, -0.25) is 0 Å². The first kappa shape index (κ1) is 20.1. The van der Waals surface area contributed by atoms with Crippen LogP contribution >= 0.6 is 11.3 Å². The first-order valence-corrected chi connectivity index (χ1v) is 10.1. The van der Waals surface area contributed by atoms with E-state index in [1.54, 1.807) is 11.3 Å². The minimum atomic E-state index is 0.627. The Morgan fingerprint density at radius 1 is 1.04 bits per heavy atom. The highest BCUT2D eigenvalue weighted by Crippen LogP contribution is 2.28. The average Bonchev–Trinajstić information content (AvgIpc) is 3.16. The summed E-state index contributed by atoms with van der Waals surface area (Å²) in [7, 11) is 0. The molecule has 0 spiro atoms. The molecule has 0 amide bonds. The highest BCUT2D eigenvalue weighted by Gasteiger charge is 2.06. The fourth-order valence-corrected chi connectivity index (χ4v) is 3.11. The van der Waals surface area contributed by atoms with Crippen molar-refractivity contribution in [2.75, 3.05) is 26.3 Å². The molecule has 0 saturated carbocycles. The molecule has 5 nitrogen and oxygen atoms in total. The van der Waals surface area contributed by atoms with Gasteiger partial charge in [-0.25, -0.2) is 4.99 Å². The summed E-state index contributed by atoms with van der Waals surface area (Å²) in [5.74, 6) is 2.46. The second-order valence-electron chi connectivity index (χ2n) is 5.60. The number of thiophene rings is 1. The van der Waals surface area contributed by atoms with Crippen LogP contribution in [-0.4, -0.2) is 32.3 Å². The molecule has 1 aromatic heterocycles. The quantitative estimate of drug-likeness (QED) is 0.489. The molecule has 1 heterocycles. The first-order valence-electron chi connectivity index (χ1n) is 9.19. The van der Waals surface area contributed by atoms with E-state index in [1.807, 2.05) is 19.9 Å². The summed E-state index contributed by atoms with van der Waals surface area (Å²) in [6, 6.07) is 10.3. The lowest BCUT2D eigenvalue weighted by Crippen LogP contribution is -2.38. The van der Waals surface area contributed by atoms with Crippen molar-refractivity contribution >= 4 is 17.3 Å². The van der Waals surface area contributed by atoms with E-state index >= 15 is 0 Å². The number of benzene rings is 1. The predicted molar refractivity (Wildman–Crippen MR) is 110 cm³/mol. The molecular weight excluding hydrogens is 346 g/mol. The van der Waals surface area contributed by atoms with Crippen molar-refractivity contribution in [3.8, 4) is 11.5 Å². The Hall–Kier alpha value is -2.21. The maximum Gasteiger partial charge on any atom is 0.191 e. The molecule has 0 aliphatic rings. The molecular formula is C20H29N3O2S. The molecule has 0 radical (unpaired) electrons. The lowest BCUT2D eigenvalue weighted by molar-refractivity contribution is 0.287. The molecule has 26 heavy (non-hydrogen) atoms. The normalized spacial score (nSPS) is 11.3. The van der Waals surface area contributed by atoms with E-state index in [4.69, 9.17) is 9.47 Å². The molecule has 0 aliphatic heterocycles. The van der Waals surface area contributed by atoms with Crippen LogP contribution in [0.3, 0.4) is 0 Å². The smallest absolute Gasteiger partial charge is 0.191 e. The van der Waals surface area contributed by atoms with Gasteiger partial charge in [0, 0.05) is 18.0 Å². The molecule has 2 N–H and O–H groups in total. The number of ether oxygens (including phenoxy) is 2. The van der Waals surface area contributed by atoms with Crippen molar-refractivity contribution in [2.24, 2.45) is 4.99 Å². The molecule has 0 aliphatic carbocycles. The fourth-order valence-electron chi connectivity index (χ4n) is 2.48. The third-order valence-corrected chi connectivity index (χ3v) is 4.49. The van der Waals surface area contributed by atoms with Crippen molar-refractivity contribution in [3.63, 3.8) is 0 Å². The zero-order valence-corrected chi connectivity index (χ0v) is 16.7. The van der Waals surface area contributed by atoms with Crippen LogP contribution in [-0.2, 0) is 13.0 Å². The van der Waals surface area contributed by atoms with Gasteiger partial charge in [0.25, 0.3) is 0 Å². The number of nitrogens with one attached hydrogen (secondary N) is 2. The molecule has 0 fully saturated rings. The lowest BCUT2D eigenvalue weighted by atomic mass is 10.1. The zero-order valence-electron chi connectivity index (χ0n) is 15.9. The maximum atomic E-state index is 5.70. The molecule has 0 atom stereocenters. The SMILES string of the molecule is CCNC(=NCc1cccs1)NCCc1ccc(OCC)c(OCC)c1. The van der Waals surface area contributed by atoms with E-state index in [-0.39, 0.29) is 0 Å². The van der Waals surface area contributed by atoms with Crippen LogP contribution < -0.4 is 20.1 Å². The molecule has 142 valence electrons. The second kappa shape index (κ2) is 11.4. The third-order valence-electron chi connectivity index (χ3n) is 3.63. The lowest BCUT2D eigenvalue weighted by Gasteiger charge is -2.14. The summed E-state index contributed by atoms with van der Waals surface area (Å²) in [5, 5.41) is 8.76. The molecule has 6 heteroatoms. The third kappa shape index (κ3) is 6.59. The molecule has 0 saturated heterocycles. The molecule has 0 bridgehead atoms. The molecule has 0 unspecified atom stereocenters. The number of hydrogen-bond donors (Lipinski definition) is 2. The van der Waals surface area contributed by atoms with E-state index in [2.05, 4.69) is 52.2 Å². The Kier molecular flexibility index (Phi) is 8.83. The van der Waals surface area contributed by atoms with Crippen molar-refractivity contribution < 1.29 is 9.47 Å². The Labute approximate surface area is 160 Å². The van der Waals surface area contributed by atoms with E-state index in [9.17, 15) is 0 Å². The largest absolute Gasteiger partial charge is 0.490 e. The van der Waals surface area contributed by atoms with Crippen LogP contribution in [0.15, 0.2) is 40.7 Å². The Morgan fingerprint density at radius 2 is 1.85 bits per heavy atom. The monoisotopic (exact) mass is 375 g/mol. The summed E-state index contributed by atoms with van der Waals surface area (Å²) >= 11 is 1.73. The molecule has 2 rings (SSSR count). The van der Waals surface area contributed by atoms with Crippen LogP contribution in [0.1, 0.15) is 31.2 Å². The van der Waals surface area contributed by atoms with Gasteiger partial charge in [0.05, 0.1) is 19.8 Å². The van der Waals surface area contributed by atoms with Crippen molar-refractivity contribution in [1.82, 2.24) is 10.6 Å². The molecule has 1 aromatic carbocycles. The summed E-state index contributed by atoms with van der Waals surface area (Å²) in [6.45, 7) is 9.63. The number of nitrogens with zero attached hydrogens (tertiary/aromatic N) is 1. The van der Waals surface area contributed by atoms with Crippen molar-refractivity contribution in [2.45, 2.75) is 33.7 Å². The van der Waals surface area contributed by atoms with Gasteiger partial charge in [0.15, 0.2) is 17.5 Å². The van der Waals surface area contributed by atoms with E-state index < -0.39 is 0 Å². The molecule has 2 aromatic rings. The van der Waals surface area contributed by atoms with Gasteiger partial charge in [-0.2, -0.15) is 0 Å². The topological polar surface area (TPSA) is 54.9 Å². The van der Waals surface area contributed by atoms with Gasteiger partial charge in [-0.05, 0) is 56.3 Å². The average molecular weight is 376 g/mol. The summed E-state index contributed by atoms with van der Waals surface area (Å²) in [4.78, 5) is 5.89. The van der Waals surface area contributed by atoms with Crippen LogP contribution in [0.2, 0.25) is 0 Å². The number of guanidine groups is 1. The summed E-state index contributed by atoms with van der Waals surface area (Å²) in [6.07, 6.45) is 0.885. The Balaban J connectivity index is 1.91. The van der Waals surface area contributed by atoms with Crippen LogP contribution in [0.25, 0.3) is 0 Å². The minimum Gasteiger partial charge on any atom is -0.490 e. The maximum absolute atomic E-state index is 5.70. The van der Waals surface area contributed by atoms with Crippen molar-refractivity contribution in [1.29, 1.82) is 0 Å². The predicted octanol–water partition coefficient (Wildman–Crippen LogP) is 3.84. The zero-order chi connectivity index (χ0) is 18.6. The first-order chi connectivity index (χ1) is 12.8. The van der Waals surface area contributed by atoms with Gasteiger partial charge < -0.3 is 20.1 Å². The second-order valence-corrected chi connectivity index (χ2v) is 6.63. The van der Waals surface area contributed by atoms with Gasteiger partial charge in [0.2, 0.25) is 0 Å². The summed E-state index contributed by atoms with van der Waals surface area (Å²) < 4.78 is 11.3. The minimum absolute atomic E-state index is 0.627. The van der Waals surface area contributed by atoms with E-state index in [1.165, 1.54) is 10.4 Å². The number of hydrogen-bond acceptors (Lipinski definition) is 4. The number of aliphatic imine (C=N–C) groups is 1. The van der Waals surface area contributed by atoms with Crippen LogP contribution in [0, 0.1) is 0 Å². The van der Waals surface area contributed by atoms with Gasteiger partial charge in [-0.15, -0.1) is 11.3 Å². The standard InChI is InChI=1S/C20H29N3O2S/c1-4-21-20(23-15-17-8-7-13-26-17)22-12-11-16-9-10-18(24-5-2)19(14-16)25-6-3/h7-10,13-14H,4-6,11-12,15H2,1-3H3,(H2,21,22,23). The summed E-state index contributed by atoms with van der Waals surface area (Å²) in [5.41, 5.74) is 1.21. The van der Waals surface area contributed by atoms with Crippen LogP contribution in [0.5, 0.6) is 11.5 Å². The van der Waals surface area contributed by atoms with E-state index in [0.717, 1.165) is 37.0 Å². The Bertz CT molecular complexity index is 672. The van der Waals surface area contributed by atoms with Crippen molar-refractivity contribution in [3.05, 3.63) is 46.2 Å². The van der Waals surface area contributed by atoms with Gasteiger partial charge in [0.1, 0.15) is 0 Å². The highest BCUT2D eigenvalue weighted by molar-refractivity contribution is 7.09. The Morgan fingerprint density at radius 3 is 2.54 bits per heavy atom. The number of rotatable bonds is 10. The van der Waals surface area contributed by atoms with Crippen LogP contribution in [0.4, 0.5) is 0 Å². The van der Waals surface area contributed by atoms with Gasteiger partial charge in [-0.1, -0.05) is 12.1 Å².